The van der Waals surface area contributed by atoms with Gasteiger partial charge in [0.15, 0.2) is 8.32 Å². The summed E-state index contributed by atoms with van der Waals surface area (Å²) >= 11 is 0. The van der Waals surface area contributed by atoms with Crippen LogP contribution in [0, 0.1) is 0 Å². The van der Waals surface area contributed by atoms with Crippen LogP contribution in [0.4, 0.5) is 0 Å². The van der Waals surface area contributed by atoms with Crippen molar-refractivity contribution < 1.29 is 4.43 Å². The number of aromatic nitrogens is 1. The first-order chi connectivity index (χ1) is 11.7. The second kappa shape index (κ2) is 8.28. The number of rotatable bonds is 7. The lowest BCUT2D eigenvalue weighted by Gasteiger charge is -2.36. The fraction of sp³-hybridized carbons (Fsp3) is 0.500. The fourth-order valence-electron chi connectivity index (χ4n) is 2.50. The van der Waals surface area contributed by atoms with E-state index in [-0.39, 0.29) is 5.04 Å². The molecule has 3 heteroatoms. The van der Waals surface area contributed by atoms with Gasteiger partial charge >= 0.3 is 0 Å². The summed E-state index contributed by atoms with van der Waals surface area (Å²) in [5, 5.41) is 0.230. The third kappa shape index (κ3) is 5.79. The molecule has 0 radical (unpaired) electrons. The van der Waals surface area contributed by atoms with Crippen LogP contribution < -0.4 is 0 Å². The zero-order chi connectivity index (χ0) is 18.5. The van der Waals surface area contributed by atoms with Crippen LogP contribution in [0.25, 0.3) is 0 Å². The van der Waals surface area contributed by atoms with Crippen molar-refractivity contribution >= 4 is 8.32 Å². The molecule has 0 unspecified atom stereocenters. The van der Waals surface area contributed by atoms with Crippen LogP contribution in [-0.4, -0.2) is 13.3 Å². The summed E-state index contributed by atoms with van der Waals surface area (Å²) in [5.74, 6) is 0.452. The van der Waals surface area contributed by atoms with Crippen molar-refractivity contribution in [3.8, 4) is 0 Å². The molecule has 2 nitrogen and oxygen atoms in total. The first-order valence-electron chi connectivity index (χ1n) is 9.33. The summed E-state index contributed by atoms with van der Waals surface area (Å²) in [7, 11) is -1.73. The van der Waals surface area contributed by atoms with E-state index in [0.717, 1.165) is 18.5 Å². The van der Waals surface area contributed by atoms with Gasteiger partial charge < -0.3 is 4.43 Å². The Hall–Kier alpha value is -1.45. The average Bonchev–Trinajstić information content (AvgIpc) is 2.58. The molecular weight excluding hydrogens is 322 g/mol. The van der Waals surface area contributed by atoms with Crippen molar-refractivity contribution in [2.75, 3.05) is 0 Å². The molecule has 136 valence electrons. The zero-order valence-electron chi connectivity index (χ0n) is 16.7. The van der Waals surface area contributed by atoms with Gasteiger partial charge in [0.2, 0.25) is 0 Å². The molecule has 1 aromatic heterocycles. The molecule has 1 atom stereocenters. The van der Waals surface area contributed by atoms with Crippen LogP contribution in [0.3, 0.4) is 0 Å². The Balaban J connectivity index is 1.96. The Bertz CT molecular complexity index is 661. The molecule has 0 aliphatic rings. The third-order valence-electron chi connectivity index (χ3n) is 5.43. The van der Waals surface area contributed by atoms with E-state index >= 15 is 0 Å². The van der Waals surface area contributed by atoms with Gasteiger partial charge in [-0.2, -0.15) is 0 Å². The van der Waals surface area contributed by atoms with Crippen LogP contribution in [-0.2, 0) is 17.5 Å². The van der Waals surface area contributed by atoms with Crippen LogP contribution in [0.1, 0.15) is 57.0 Å². The second-order valence-corrected chi connectivity index (χ2v) is 13.3. The summed E-state index contributed by atoms with van der Waals surface area (Å²) in [6, 6.07) is 17.0. The van der Waals surface area contributed by atoms with Gasteiger partial charge in [-0.05, 0) is 54.6 Å². The summed E-state index contributed by atoms with van der Waals surface area (Å²) < 4.78 is 6.32. The predicted octanol–water partition coefficient (Wildman–Crippen LogP) is 6.34. The number of benzene rings is 1. The van der Waals surface area contributed by atoms with E-state index in [4.69, 9.17) is 9.41 Å². The summed E-state index contributed by atoms with van der Waals surface area (Å²) in [4.78, 5) is 4.87. The van der Waals surface area contributed by atoms with E-state index in [2.05, 4.69) is 89.3 Å². The molecular formula is C22H33NOSi. The number of hydrogen-bond donors (Lipinski definition) is 0. The topological polar surface area (TPSA) is 22.1 Å². The Morgan fingerprint density at radius 3 is 2.32 bits per heavy atom. The van der Waals surface area contributed by atoms with Crippen molar-refractivity contribution in [3.63, 3.8) is 0 Å². The highest BCUT2D eigenvalue weighted by Crippen LogP contribution is 2.37. The lowest BCUT2D eigenvalue weighted by molar-refractivity contribution is 0.271. The normalized spacial score (nSPS) is 13.7. The quantitative estimate of drug-likeness (QED) is 0.541. The summed E-state index contributed by atoms with van der Waals surface area (Å²) in [6.07, 6.45) is 2.21. The van der Waals surface area contributed by atoms with Crippen molar-refractivity contribution in [1.82, 2.24) is 4.98 Å². The fourth-order valence-corrected chi connectivity index (χ4v) is 3.44. The molecule has 1 aromatic carbocycles. The molecule has 1 heterocycles. The van der Waals surface area contributed by atoms with Gasteiger partial charge in [-0.1, -0.05) is 64.1 Å². The van der Waals surface area contributed by atoms with Gasteiger partial charge in [0.05, 0.1) is 12.3 Å². The Kier molecular flexibility index (Phi) is 6.58. The monoisotopic (exact) mass is 355 g/mol. The summed E-state index contributed by atoms with van der Waals surface area (Å²) in [5.41, 5.74) is 3.62. The van der Waals surface area contributed by atoms with Crippen molar-refractivity contribution in [1.29, 1.82) is 0 Å². The molecule has 0 saturated heterocycles. The van der Waals surface area contributed by atoms with Gasteiger partial charge in [-0.25, -0.2) is 0 Å². The minimum absolute atomic E-state index is 0.230. The smallest absolute Gasteiger partial charge is 0.192 e. The highest BCUT2D eigenvalue weighted by atomic mass is 28.4. The minimum atomic E-state index is -1.73. The Morgan fingerprint density at radius 1 is 1.00 bits per heavy atom. The van der Waals surface area contributed by atoms with E-state index in [9.17, 15) is 0 Å². The molecule has 0 N–H and O–H groups in total. The molecule has 2 rings (SSSR count). The first-order valence-corrected chi connectivity index (χ1v) is 12.2. The number of aryl methyl sites for hydroxylation is 1. The molecule has 0 spiro atoms. The van der Waals surface area contributed by atoms with Crippen molar-refractivity contribution in [2.24, 2.45) is 0 Å². The number of nitrogens with zero attached hydrogens (tertiary/aromatic N) is 1. The van der Waals surface area contributed by atoms with E-state index in [0.29, 0.717) is 12.5 Å². The van der Waals surface area contributed by atoms with E-state index < -0.39 is 8.32 Å². The maximum atomic E-state index is 6.32. The van der Waals surface area contributed by atoms with E-state index in [1.165, 1.54) is 11.3 Å². The Morgan fingerprint density at radius 2 is 1.68 bits per heavy atom. The standard InChI is InChI=1S/C22H33NOSi/c1-18(15-16-19-11-8-7-9-12-19)21-14-10-13-20(23-21)17-24-25(5,6)22(2,3)4/h7-14,18H,15-17H2,1-6H3/t18-/m0/s1. The van der Waals surface area contributed by atoms with Gasteiger partial charge in [0.25, 0.3) is 0 Å². The van der Waals surface area contributed by atoms with Crippen molar-refractivity contribution in [2.45, 2.75) is 71.2 Å². The zero-order valence-corrected chi connectivity index (χ0v) is 17.7. The Labute approximate surface area is 154 Å². The van der Waals surface area contributed by atoms with Gasteiger partial charge in [-0.15, -0.1) is 0 Å². The van der Waals surface area contributed by atoms with Gasteiger partial charge in [-0.3, -0.25) is 4.98 Å². The van der Waals surface area contributed by atoms with Crippen LogP contribution in [0.15, 0.2) is 48.5 Å². The first kappa shape index (κ1) is 19.9. The highest BCUT2D eigenvalue weighted by molar-refractivity contribution is 6.74. The predicted molar refractivity (Wildman–Crippen MR) is 109 cm³/mol. The highest BCUT2D eigenvalue weighted by Gasteiger charge is 2.37. The lowest BCUT2D eigenvalue weighted by atomic mass is 9.97. The maximum absolute atomic E-state index is 6.32. The summed E-state index contributed by atoms with van der Waals surface area (Å²) in [6.45, 7) is 14.3. The maximum Gasteiger partial charge on any atom is 0.192 e. The number of pyridine rings is 1. The SMILES string of the molecule is C[C@@H](CCc1ccccc1)c1cccc(CO[Si](C)(C)C(C)(C)C)n1. The van der Waals surface area contributed by atoms with Gasteiger partial charge in [0, 0.05) is 5.69 Å². The van der Waals surface area contributed by atoms with Crippen LogP contribution >= 0.6 is 0 Å². The third-order valence-corrected chi connectivity index (χ3v) is 9.91. The average molecular weight is 356 g/mol. The molecule has 0 fully saturated rings. The number of hydrogen-bond acceptors (Lipinski definition) is 2. The van der Waals surface area contributed by atoms with E-state index in [1.807, 2.05) is 0 Å². The molecule has 0 bridgehead atoms. The van der Waals surface area contributed by atoms with Crippen LogP contribution in [0.5, 0.6) is 0 Å². The largest absolute Gasteiger partial charge is 0.411 e. The molecule has 0 aliphatic heterocycles. The minimum Gasteiger partial charge on any atom is -0.411 e. The van der Waals surface area contributed by atoms with Crippen LogP contribution in [0.2, 0.25) is 18.1 Å². The second-order valence-electron chi connectivity index (χ2n) is 8.53. The molecule has 2 aromatic rings. The molecule has 0 aliphatic carbocycles. The van der Waals surface area contributed by atoms with Gasteiger partial charge in [0.1, 0.15) is 0 Å². The van der Waals surface area contributed by atoms with E-state index in [1.54, 1.807) is 0 Å². The molecule has 0 amide bonds. The van der Waals surface area contributed by atoms with Crippen molar-refractivity contribution in [3.05, 3.63) is 65.5 Å². The lowest BCUT2D eigenvalue weighted by Crippen LogP contribution is -2.40. The molecule has 0 saturated carbocycles. The molecule has 25 heavy (non-hydrogen) atoms.